The van der Waals surface area contributed by atoms with Crippen molar-refractivity contribution in [3.05, 3.63) is 111 Å². The van der Waals surface area contributed by atoms with E-state index in [1.165, 1.54) is 43.5 Å². The molecule has 4 rings (SSSR count). The fourth-order valence-electron chi connectivity index (χ4n) is 4.06. The minimum Gasteiger partial charge on any atom is -0.496 e. The Labute approximate surface area is 214 Å². The number of non-ortho nitro benzene ring substituents is 1. The number of anilines is 1. The molecule has 9 nitrogen and oxygen atoms in total. The molecule has 0 unspecified atom stereocenters. The summed E-state index contributed by atoms with van der Waals surface area (Å²) in [5.74, 6) is 0.400. The summed E-state index contributed by atoms with van der Waals surface area (Å²) < 4.78 is 38.2. The first-order valence-electron chi connectivity index (χ1n) is 11.3. The zero-order valence-corrected chi connectivity index (χ0v) is 20.9. The van der Waals surface area contributed by atoms with E-state index in [-0.39, 0.29) is 11.3 Å². The lowest BCUT2D eigenvalue weighted by Gasteiger charge is -2.23. The molecule has 1 fully saturated rings. The second kappa shape index (κ2) is 10.7. The minimum absolute atomic E-state index is 0.105. The Hall–Kier alpha value is -4.44. The van der Waals surface area contributed by atoms with E-state index < -0.39 is 30.9 Å². The van der Waals surface area contributed by atoms with Gasteiger partial charge >= 0.3 is 0 Å². The van der Waals surface area contributed by atoms with Gasteiger partial charge in [-0.2, -0.15) is 0 Å². The first-order valence-corrected chi connectivity index (χ1v) is 12.9. The average Bonchev–Trinajstić information content (AvgIpc) is 3.09. The van der Waals surface area contributed by atoms with Crippen LogP contribution in [-0.2, 0) is 14.6 Å². The van der Waals surface area contributed by atoms with Crippen molar-refractivity contribution in [1.29, 1.82) is 0 Å². The van der Waals surface area contributed by atoms with Crippen molar-refractivity contribution in [2.75, 3.05) is 18.6 Å². The van der Waals surface area contributed by atoms with Crippen LogP contribution in [0.1, 0.15) is 23.4 Å². The maximum Gasteiger partial charge on any atom is 0.271 e. The third kappa shape index (κ3) is 5.10. The molecule has 0 bridgehead atoms. The number of carbonyl (C=O) groups excluding carboxylic acids is 1. The number of rotatable bonds is 8. The number of sulfone groups is 1. The van der Waals surface area contributed by atoms with Gasteiger partial charge in [-0.05, 0) is 48.9 Å². The van der Waals surface area contributed by atoms with Gasteiger partial charge in [-0.1, -0.05) is 42.5 Å². The average molecular weight is 521 g/mol. The SMILES string of the molecule is CCOc1ccc(N2C(=O)/C(=C\C=C\c3ccccc3OC)S(=O)(=O)[C@H]2c2cccc([N+](=O)[O-])c2)cc1. The predicted molar refractivity (Wildman–Crippen MR) is 140 cm³/mol. The van der Waals surface area contributed by atoms with Gasteiger partial charge in [0.15, 0.2) is 5.37 Å². The van der Waals surface area contributed by atoms with Crippen LogP contribution in [-0.4, -0.2) is 33.0 Å². The maximum atomic E-state index is 13.7. The maximum absolute atomic E-state index is 13.7. The summed E-state index contributed by atoms with van der Waals surface area (Å²) in [6.45, 7) is 2.27. The number of carbonyl (C=O) groups is 1. The van der Waals surface area contributed by atoms with Gasteiger partial charge in [0.1, 0.15) is 16.4 Å². The summed E-state index contributed by atoms with van der Waals surface area (Å²) in [4.78, 5) is 25.0. The molecule has 0 N–H and O–H groups in total. The predicted octanol–water partition coefficient (Wildman–Crippen LogP) is 5.06. The molecule has 1 heterocycles. The van der Waals surface area contributed by atoms with Crippen molar-refractivity contribution in [2.45, 2.75) is 12.3 Å². The van der Waals surface area contributed by atoms with Crippen molar-refractivity contribution in [3.63, 3.8) is 0 Å². The van der Waals surface area contributed by atoms with Crippen LogP contribution in [0.15, 0.2) is 89.9 Å². The summed E-state index contributed by atoms with van der Waals surface area (Å²) in [6.07, 6.45) is 4.34. The van der Waals surface area contributed by atoms with Gasteiger partial charge in [0, 0.05) is 23.4 Å². The van der Waals surface area contributed by atoms with Crippen LogP contribution in [0.2, 0.25) is 0 Å². The molecule has 1 atom stereocenters. The molecular weight excluding hydrogens is 496 g/mol. The standard InChI is InChI=1S/C27H24N2O7S/c1-3-36-23-16-14-21(15-17-23)28-26(30)25(13-7-9-19-8-4-5-12-24(19)35-2)37(33,34)27(28)20-10-6-11-22(18-20)29(31)32/h4-18,27H,3H2,1-2H3/b9-7+,25-13+/t27-/m0/s1. The highest BCUT2D eigenvalue weighted by molar-refractivity contribution is 7.97. The van der Waals surface area contributed by atoms with E-state index in [9.17, 15) is 23.3 Å². The lowest BCUT2D eigenvalue weighted by molar-refractivity contribution is -0.384. The second-order valence-electron chi connectivity index (χ2n) is 7.98. The van der Waals surface area contributed by atoms with Crippen LogP contribution in [0.4, 0.5) is 11.4 Å². The van der Waals surface area contributed by atoms with Gasteiger partial charge in [-0.3, -0.25) is 19.8 Å². The second-order valence-corrected chi connectivity index (χ2v) is 9.96. The summed E-state index contributed by atoms with van der Waals surface area (Å²) in [6, 6.07) is 18.9. The topological polar surface area (TPSA) is 116 Å². The van der Waals surface area contributed by atoms with Crippen molar-refractivity contribution in [2.24, 2.45) is 0 Å². The highest BCUT2D eigenvalue weighted by atomic mass is 32.2. The van der Waals surface area contributed by atoms with Crippen LogP contribution in [0.3, 0.4) is 0 Å². The monoisotopic (exact) mass is 520 g/mol. The van der Waals surface area contributed by atoms with Gasteiger partial charge in [0.2, 0.25) is 9.84 Å². The molecule has 0 spiro atoms. The number of hydrogen-bond acceptors (Lipinski definition) is 7. The number of nitrogens with zero attached hydrogens (tertiary/aromatic N) is 2. The van der Waals surface area contributed by atoms with E-state index in [0.717, 1.165) is 4.90 Å². The van der Waals surface area contributed by atoms with Crippen molar-refractivity contribution >= 4 is 33.2 Å². The zero-order valence-electron chi connectivity index (χ0n) is 20.1. The minimum atomic E-state index is -4.26. The summed E-state index contributed by atoms with van der Waals surface area (Å²) >= 11 is 0. The van der Waals surface area contributed by atoms with Crippen molar-refractivity contribution in [1.82, 2.24) is 0 Å². The van der Waals surface area contributed by atoms with E-state index in [4.69, 9.17) is 9.47 Å². The zero-order chi connectivity index (χ0) is 26.6. The number of ether oxygens (including phenoxy) is 2. The Balaban J connectivity index is 1.82. The van der Waals surface area contributed by atoms with Crippen LogP contribution >= 0.6 is 0 Å². The van der Waals surface area contributed by atoms with Crippen LogP contribution < -0.4 is 14.4 Å². The Bertz CT molecular complexity index is 1500. The van der Waals surface area contributed by atoms with E-state index in [1.54, 1.807) is 54.6 Å². The smallest absolute Gasteiger partial charge is 0.271 e. The Morgan fingerprint density at radius 1 is 1.05 bits per heavy atom. The molecule has 1 amide bonds. The molecule has 1 saturated heterocycles. The highest BCUT2D eigenvalue weighted by Gasteiger charge is 2.50. The molecule has 1 aliphatic rings. The Kier molecular flexibility index (Phi) is 7.40. The fraction of sp³-hybridized carbons (Fsp3) is 0.148. The first-order chi connectivity index (χ1) is 17.8. The van der Waals surface area contributed by atoms with Gasteiger partial charge in [-0.15, -0.1) is 0 Å². The molecule has 0 aromatic heterocycles. The van der Waals surface area contributed by atoms with Crippen molar-refractivity contribution in [3.8, 4) is 11.5 Å². The number of benzene rings is 3. The molecule has 37 heavy (non-hydrogen) atoms. The third-order valence-electron chi connectivity index (χ3n) is 5.72. The molecule has 3 aromatic carbocycles. The van der Waals surface area contributed by atoms with Crippen molar-refractivity contribution < 1.29 is 27.6 Å². The molecule has 0 radical (unpaired) electrons. The first kappa shape index (κ1) is 25.6. The molecule has 190 valence electrons. The normalized spacial score (nSPS) is 17.9. The van der Waals surface area contributed by atoms with Crippen LogP contribution in [0, 0.1) is 10.1 Å². The van der Waals surface area contributed by atoms with Gasteiger partial charge < -0.3 is 9.47 Å². The van der Waals surface area contributed by atoms with Gasteiger partial charge in [-0.25, -0.2) is 8.42 Å². The highest BCUT2D eigenvalue weighted by Crippen LogP contribution is 2.43. The summed E-state index contributed by atoms with van der Waals surface area (Å²) in [7, 11) is -2.74. The number of nitro benzene ring substituents is 1. The molecule has 10 heteroatoms. The number of allylic oxidation sites excluding steroid dienone is 2. The molecule has 3 aromatic rings. The quantitative estimate of drug-likeness (QED) is 0.232. The number of para-hydroxylation sites is 1. The lowest BCUT2D eigenvalue weighted by atomic mass is 10.1. The number of hydrogen-bond donors (Lipinski definition) is 0. The number of methoxy groups -OCH3 is 1. The summed E-state index contributed by atoms with van der Waals surface area (Å²) in [5.41, 5.74) is 0.836. The third-order valence-corrected chi connectivity index (χ3v) is 7.71. The fourth-order valence-corrected chi connectivity index (χ4v) is 5.91. The van der Waals surface area contributed by atoms with E-state index >= 15 is 0 Å². The number of amides is 1. The Morgan fingerprint density at radius 2 is 1.78 bits per heavy atom. The lowest BCUT2D eigenvalue weighted by Crippen LogP contribution is -2.29. The van der Waals surface area contributed by atoms with Crippen LogP contribution in [0.25, 0.3) is 6.08 Å². The van der Waals surface area contributed by atoms with E-state index in [2.05, 4.69) is 0 Å². The summed E-state index contributed by atoms with van der Waals surface area (Å²) in [5, 5.41) is 9.89. The molecule has 0 aliphatic carbocycles. The van der Waals surface area contributed by atoms with Crippen LogP contribution in [0.5, 0.6) is 11.5 Å². The van der Waals surface area contributed by atoms with E-state index in [0.29, 0.717) is 29.4 Å². The largest absolute Gasteiger partial charge is 0.496 e. The van der Waals surface area contributed by atoms with Gasteiger partial charge in [0.25, 0.3) is 11.6 Å². The van der Waals surface area contributed by atoms with E-state index in [1.807, 2.05) is 6.92 Å². The van der Waals surface area contributed by atoms with Gasteiger partial charge in [0.05, 0.1) is 18.6 Å². The molecular formula is C27H24N2O7S. The molecule has 1 aliphatic heterocycles. The number of nitro groups is 1. The Morgan fingerprint density at radius 3 is 2.46 bits per heavy atom. The molecule has 0 saturated carbocycles.